The molecule has 1 amide bonds. The second-order valence-electron chi connectivity index (χ2n) is 7.10. The van der Waals surface area contributed by atoms with Crippen molar-refractivity contribution in [2.24, 2.45) is 7.05 Å². The van der Waals surface area contributed by atoms with Crippen molar-refractivity contribution in [3.8, 4) is 0 Å². The maximum atomic E-state index is 13.0. The Labute approximate surface area is 153 Å². The summed E-state index contributed by atoms with van der Waals surface area (Å²) in [7, 11) is 3.62. The molecule has 0 radical (unpaired) electrons. The summed E-state index contributed by atoms with van der Waals surface area (Å²) >= 11 is 0. The van der Waals surface area contributed by atoms with Gasteiger partial charge in [-0.15, -0.1) is 0 Å². The lowest BCUT2D eigenvalue weighted by atomic mass is 9.85. The van der Waals surface area contributed by atoms with Gasteiger partial charge in [-0.2, -0.15) is 5.10 Å². The molecule has 1 fully saturated rings. The number of aromatic nitrogens is 2. The van der Waals surface area contributed by atoms with Gasteiger partial charge in [-0.3, -0.25) is 9.48 Å². The van der Waals surface area contributed by atoms with Gasteiger partial charge in [0.15, 0.2) is 0 Å². The monoisotopic (exact) mass is 355 g/mol. The third kappa shape index (κ3) is 3.95. The molecule has 138 valence electrons. The Morgan fingerprint density at radius 3 is 2.46 bits per heavy atom. The molecular formula is C20H25N3O3. The van der Waals surface area contributed by atoms with Crippen molar-refractivity contribution in [3.05, 3.63) is 52.8 Å². The molecule has 1 saturated carbocycles. The molecule has 0 spiro atoms. The van der Waals surface area contributed by atoms with Crippen LogP contribution in [0.1, 0.15) is 70.0 Å². The number of carbonyl (C=O) groups excluding carboxylic acids is 1. The van der Waals surface area contributed by atoms with Crippen LogP contribution in [0.5, 0.6) is 0 Å². The molecule has 3 rings (SSSR count). The second kappa shape index (κ2) is 7.72. The normalized spacial score (nSPS) is 15.0. The summed E-state index contributed by atoms with van der Waals surface area (Å²) in [5.74, 6) is -0.624. The number of hydrogen-bond acceptors (Lipinski definition) is 3. The summed E-state index contributed by atoms with van der Waals surface area (Å²) in [5.41, 5.74) is 2.75. The van der Waals surface area contributed by atoms with E-state index in [1.807, 2.05) is 13.2 Å². The summed E-state index contributed by atoms with van der Waals surface area (Å²) in [6.45, 7) is 0.428. The Morgan fingerprint density at radius 2 is 1.85 bits per heavy atom. The number of carbonyl (C=O) groups is 2. The van der Waals surface area contributed by atoms with Crippen LogP contribution in [0.3, 0.4) is 0 Å². The number of carboxylic acids is 1. The first-order valence-corrected chi connectivity index (χ1v) is 9.07. The van der Waals surface area contributed by atoms with Gasteiger partial charge in [0.25, 0.3) is 5.91 Å². The van der Waals surface area contributed by atoms with Crippen LogP contribution in [-0.4, -0.2) is 38.7 Å². The highest BCUT2D eigenvalue weighted by molar-refractivity contribution is 5.95. The third-order valence-corrected chi connectivity index (χ3v) is 5.05. The van der Waals surface area contributed by atoms with Gasteiger partial charge < -0.3 is 10.0 Å². The van der Waals surface area contributed by atoms with E-state index in [1.165, 1.54) is 19.3 Å². The van der Waals surface area contributed by atoms with Gasteiger partial charge in [0.2, 0.25) is 0 Å². The van der Waals surface area contributed by atoms with Crippen LogP contribution >= 0.6 is 0 Å². The lowest BCUT2D eigenvalue weighted by molar-refractivity contribution is 0.0695. The van der Waals surface area contributed by atoms with Crippen molar-refractivity contribution in [2.45, 2.75) is 44.6 Å². The maximum Gasteiger partial charge on any atom is 0.335 e. The average molecular weight is 355 g/mol. The van der Waals surface area contributed by atoms with Gasteiger partial charge >= 0.3 is 5.97 Å². The molecule has 26 heavy (non-hydrogen) atoms. The average Bonchev–Trinajstić information content (AvgIpc) is 3.04. The largest absolute Gasteiger partial charge is 0.478 e. The first kappa shape index (κ1) is 18.2. The van der Waals surface area contributed by atoms with E-state index < -0.39 is 5.97 Å². The van der Waals surface area contributed by atoms with Crippen molar-refractivity contribution in [1.82, 2.24) is 14.7 Å². The number of amides is 1. The number of nitrogens with zero attached hydrogens (tertiary/aromatic N) is 3. The molecule has 1 aliphatic carbocycles. The zero-order chi connectivity index (χ0) is 18.7. The standard InChI is InChI=1S/C20H25N3O3/c1-22(12-14-8-10-16(11-9-14)20(25)26)19(24)17-13-23(2)21-18(17)15-6-4-3-5-7-15/h8-11,13,15H,3-7,12H2,1-2H3,(H,25,26). The minimum absolute atomic E-state index is 0.0408. The first-order valence-electron chi connectivity index (χ1n) is 9.07. The van der Waals surface area contributed by atoms with Crippen LogP contribution < -0.4 is 0 Å². The predicted octanol–water partition coefficient (Wildman–Crippen LogP) is 3.44. The molecule has 1 N–H and O–H groups in total. The van der Waals surface area contributed by atoms with E-state index in [1.54, 1.807) is 40.9 Å². The maximum absolute atomic E-state index is 13.0. The van der Waals surface area contributed by atoms with Crippen LogP contribution in [0.25, 0.3) is 0 Å². The van der Waals surface area contributed by atoms with E-state index in [0.717, 1.165) is 24.1 Å². The quantitative estimate of drug-likeness (QED) is 0.891. The van der Waals surface area contributed by atoms with Gasteiger partial charge in [-0.1, -0.05) is 31.4 Å². The number of benzene rings is 1. The fourth-order valence-electron chi connectivity index (χ4n) is 3.65. The molecule has 0 bridgehead atoms. The van der Waals surface area contributed by atoms with Gasteiger partial charge in [-0.05, 0) is 30.5 Å². The number of carboxylic acid groups (broad SMARTS) is 1. The van der Waals surface area contributed by atoms with E-state index in [0.29, 0.717) is 18.0 Å². The smallest absolute Gasteiger partial charge is 0.335 e. The van der Waals surface area contributed by atoms with E-state index in [-0.39, 0.29) is 11.5 Å². The van der Waals surface area contributed by atoms with Crippen LogP contribution in [0, 0.1) is 0 Å². The number of hydrogen-bond donors (Lipinski definition) is 1. The van der Waals surface area contributed by atoms with Crippen molar-refractivity contribution < 1.29 is 14.7 Å². The zero-order valence-electron chi connectivity index (χ0n) is 15.3. The number of aromatic carboxylic acids is 1. The molecule has 0 atom stereocenters. The molecule has 0 saturated heterocycles. The lowest BCUT2D eigenvalue weighted by Crippen LogP contribution is -2.27. The van der Waals surface area contributed by atoms with Crippen LogP contribution in [-0.2, 0) is 13.6 Å². The second-order valence-corrected chi connectivity index (χ2v) is 7.10. The van der Waals surface area contributed by atoms with Crippen molar-refractivity contribution in [2.75, 3.05) is 7.05 Å². The summed E-state index contributed by atoms with van der Waals surface area (Å²) in [5, 5.41) is 13.6. The molecule has 6 nitrogen and oxygen atoms in total. The Morgan fingerprint density at radius 1 is 1.19 bits per heavy atom. The van der Waals surface area contributed by atoms with Gasteiger partial charge in [0.05, 0.1) is 16.8 Å². The van der Waals surface area contributed by atoms with Crippen molar-refractivity contribution >= 4 is 11.9 Å². The molecule has 1 aromatic carbocycles. The van der Waals surface area contributed by atoms with Gasteiger partial charge in [0.1, 0.15) is 0 Å². The Balaban J connectivity index is 1.75. The van der Waals surface area contributed by atoms with Crippen LogP contribution in [0.4, 0.5) is 0 Å². The molecule has 6 heteroatoms. The number of aryl methyl sites for hydroxylation is 1. The third-order valence-electron chi connectivity index (χ3n) is 5.05. The molecular weight excluding hydrogens is 330 g/mol. The van der Waals surface area contributed by atoms with E-state index in [4.69, 9.17) is 5.11 Å². The molecule has 2 aromatic rings. The fraction of sp³-hybridized carbons (Fsp3) is 0.450. The Bertz CT molecular complexity index is 789. The first-order chi connectivity index (χ1) is 12.5. The summed E-state index contributed by atoms with van der Waals surface area (Å²) in [6.07, 6.45) is 7.66. The molecule has 1 aliphatic rings. The Hall–Kier alpha value is -2.63. The van der Waals surface area contributed by atoms with Crippen LogP contribution in [0.15, 0.2) is 30.5 Å². The van der Waals surface area contributed by atoms with E-state index in [9.17, 15) is 9.59 Å². The predicted molar refractivity (Wildman–Crippen MR) is 98.2 cm³/mol. The topological polar surface area (TPSA) is 75.4 Å². The van der Waals surface area contributed by atoms with Crippen molar-refractivity contribution in [3.63, 3.8) is 0 Å². The Kier molecular flexibility index (Phi) is 5.40. The fourth-order valence-corrected chi connectivity index (χ4v) is 3.65. The van der Waals surface area contributed by atoms with Gasteiger partial charge in [0, 0.05) is 32.8 Å². The summed E-state index contributed by atoms with van der Waals surface area (Å²) in [4.78, 5) is 25.6. The number of rotatable bonds is 5. The van der Waals surface area contributed by atoms with E-state index >= 15 is 0 Å². The van der Waals surface area contributed by atoms with Crippen LogP contribution in [0.2, 0.25) is 0 Å². The lowest BCUT2D eigenvalue weighted by Gasteiger charge is -2.22. The zero-order valence-corrected chi connectivity index (χ0v) is 15.3. The molecule has 0 aliphatic heterocycles. The van der Waals surface area contributed by atoms with Crippen molar-refractivity contribution in [1.29, 1.82) is 0 Å². The highest BCUT2D eigenvalue weighted by Crippen LogP contribution is 2.33. The minimum Gasteiger partial charge on any atom is -0.478 e. The molecule has 1 aromatic heterocycles. The summed E-state index contributed by atoms with van der Waals surface area (Å²) in [6, 6.07) is 6.62. The minimum atomic E-state index is -0.950. The SMILES string of the molecule is CN(Cc1ccc(C(=O)O)cc1)C(=O)c1cn(C)nc1C1CCCCC1. The highest BCUT2D eigenvalue weighted by atomic mass is 16.4. The highest BCUT2D eigenvalue weighted by Gasteiger charge is 2.26. The van der Waals surface area contributed by atoms with E-state index in [2.05, 4.69) is 5.10 Å². The summed E-state index contributed by atoms with van der Waals surface area (Å²) < 4.78 is 1.73. The molecule has 1 heterocycles. The molecule has 0 unspecified atom stereocenters. The van der Waals surface area contributed by atoms with Gasteiger partial charge in [-0.25, -0.2) is 4.79 Å².